The van der Waals surface area contributed by atoms with E-state index in [9.17, 15) is 9.59 Å². The van der Waals surface area contributed by atoms with E-state index in [1.807, 2.05) is 0 Å². The number of nitrogens with one attached hydrogen (secondary N) is 1. The van der Waals surface area contributed by atoms with E-state index in [-0.39, 0.29) is 23.5 Å². The number of rotatable bonds is 4. The first-order chi connectivity index (χ1) is 10.1. The normalized spacial score (nSPS) is 18.0. The minimum Gasteiger partial charge on any atom is -0.476 e. The second-order valence-corrected chi connectivity index (χ2v) is 5.00. The number of hydrogen-bond donors (Lipinski definition) is 2. The molecule has 1 fully saturated rings. The van der Waals surface area contributed by atoms with Gasteiger partial charge in [-0.3, -0.25) is 0 Å². The van der Waals surface area contributed by atoms with Gasteiger partial charge < -0.3 is 20.1 Å². The molecule has 7 nitrogen and oxygen atoms in total. The van der Waals surface area contributed by atoms with Crippen LogP contribution in [0.1, 0.15) is 29.8 Å². The van der Waals surface area contributed by atoms with Crippen molar-refractivity contribution in [2.24, 2.45) is 0 Å². The van der Waals surface area contributed by atoms with E-state index in [4.69, 9.17) is 9.84 Å². The van der Waals surface area contributed by atoms with Gasteiger partial charge in [-0.15, -0.1) is 0 Å². The van der Waals surface area contributed by atoms with Crippen LogP contribution in [0.25, 0.3) is 0 Å². The van der Waals surface area contributed by atoms with Gasteiger partial charge in [-0.25, -0.2) is 14.6 Å². The molecule has 2 N–H and O–H groups in total. The molecule has 1 saturated heterocycles. The molecule has 1 aliphatic rings. The Morgan fingerprint density at radius 1 is 1.52 bits per heavy atom. The van der Waals surface area contributed by atoms with Crippen molar-refractivity contribution >= 4 is 17.7 Å². The van der Waals surface area contributed by atoms with Gasteiger partial charge in [-0.2, -0.15) is 0 Å². The number of carbonyl (C=O) groups is 2. The van der Waals surface area contributed by atoms with Crippen LogP contribution in [-0.4, -0.2) is 53.3 Å². The van der Waals surface area contributed by atoms with Crippen molar-refractivity contribution in [2.45, 2.75) is 25.4 Å². The Kier molecular flexibility index (Phi) is 5.10. The standard InChI is InChI=1S/C14H19N3O4/c1-17(9-10-5-2-3-8-21-10)14(20)16-11-6-4-7-15-12(11)13(18)19/h4,6-7,10H,2-3,5,8-9H2,1H3,(H,16,20)(H,18,19). The quantitative estimate of drug-likeness (QED) is 0.883. The molecule has 1 aromatic rings. The van der Waals surface area contributed by atoms with Crippen LogP contribution < -0.4 is 5.32 Å². The number of nitrogens with zero attached hydrogens (tertiary/aromatic N) is 2. The molecule has 0 aliphatic carbocycles. The lowest BCUT2D eigenvalue weighted by Crippen LogP contribution is -2.39. The molecule has 114 valence electrons. The van der Waals surface area contributed by atoms with Crippen molar-refractivity contribution in [3.8, 4) is 0 Å². The van der Waals surface area contributed by atoms with Crippen molar-refractivity contribution in [1.29, 1.82) is 0 Å². The molecule has 1 aromatic heterocycles. The topological polar surface area (TPSA) is 91.8 Å². The van der Waals surface area contributed by atoms with Crippen LogP contribution in [0.4, 0.5) is 10.5 Å². The summed E-state index contributed by atoms with van der Waals surface area (Å²) in [6, 6.07) is 2.71. The summed E-state index contributed by atoms with van der Waals surface area (Å²) in [5.74, 6) is -1.18. The fourth-order valence-corrected chi connectivity index (χ4v) is 2.23. The monoisotopic (exact) mass is 293 g/mol. The van der Waals surface area contributed by atoms with Crippen molar-refractivity contribution < 1.29 is 19.4 Å². The Hall–Kier alpha value is -2.15. The van der Waals surface area contributed by atoms with E-state index < -0.39 is 5.97 Å². The first kappa shape index (κ1) is 15.2. The molecule has 0 radical (unpaired) electrons. The first-order valence-electron chi connectivity index (χ1n) is 6.90. The highest BCUT2D eigenvalue weighted by atomic mass is 16.5. The molecule has 0 saturated carbocycles. The number of urea groups is 1. The van der Waals surface area contributed by atoms with Crippen LogP contribution in [0, 0.1) is 0 Å². The molecular formula is C14H19N3O4. The predicted molar refractivity (Wildman–Crippen MR) is 76.4 cm³/mol. The van der Waals surface area contributed by atoms with Gasteiger partial charge in [0.15, 0.2) is 5.69 Å². The van der Waals surface area contributed by atoms with Gasteiger partial charge in [-0.05, 0) is 31.4 Å². The molecule has 0 spiro atoms. The second kappa shape index (κ2) is 7.03. The summed E-state index contributed by atoms with van der Waals surface area (Å²) >= 11 is 0. The number of pyridine rings is 1. The smallest absolute Gasteiger partial charge is 0.356 e. The molecule has 1 atom stereocenters. The van der Waals surface area contributed by atoms with Crippen LogP contribution in [0.5, 0.6) is 0 Å². The number of aromatic nitrogens is 1. The maximum Gasteiger partial charge on any atom is 0.356 e. The van der Waals surface area contributed by atoms with Crippen LogP contribution >= 0.6 is 0 Å². The Morgan fingerprint density at radius 2 is 2.33 bits per heavy atom. The summed E-state index contributed by atoms with van der Waals surface area (Å²) in [5, 5.41) is 11.6. The second-order valence-electron chi connectivity index (χ2n) is 5.00. The molecular weight excluding hydrogens is 274 g/mol. The lowest BCUT2D eigenvalue weighted by Gasteiger charge is -2.27. The zero-order valence-electron chi connectivity index (χ0n) is 11.9. The van der Waals surface area contributed by atoms with Crippen LogP contribution in [0.3, 0.4) is 0 Å². The number of aromatic carboxylic acids is 1. The third kappa shape index (κ3) is 4.16. The van der Waals surface area contributed by atoms with Crippen LogP contribution in [0.2, 0.25) is 0 Å². The molecule has 1 unspecified atom stereocenters. The number of hydrogen-bond acceptors (Lipinski definition) is 4. The summed E-state index contributed by atoms with van der Waals surface area (Å²) in [7, 11) is 1.66. The predicted octanol–water partition coefficient (Wildman–Crippen LogP) is 1.81. The molecule has 2 heterocycles. The SMILES string of the molecule is CN(CC1CCCCO1)C(=O)Nc1cccnc1C(=O)O. The molecule has 2 rings (SSSR count). The summed E-state index contributed by atoms with van der Waals surface area (Å²) < 4.78 is 5.58. The van der Waals surface area contributed by atoms with Crippen molar-refractivity contribution in [1.82, 2.24) is 9.88 Å². The molecule has 21 heavy (non-hydrogen) atoms. The summed E-state index contributed by atoms with van der Waals surface area (Å²) in [6.45, 7) is 1.21. The van der Waals surface area contributed by atoms with E-state index in [1.54, 1.807) is 13.1 Å². The molecule has 2 amide bonds. The number of anilines is 1. The highest BCUT2D eigenvalue weighted by molar-refractivity contribution is 5.98. The Balaban J connectivity index is 1.95. The van der Waals surface area contributed by atoms with Crippen molar-refractivity contribution in [3.63, 3.8) is 0 Å². The summed E-state index contributed by atoms with van der Waals surface area (Å²) in [6.07, 6.45) is 4.52. The van der Waals surface area contributed by atoms with Gasteiger partial charge in [0.25, 0.3) is 0 Å². The maximum absolute atomic E-state index is 12.1. The largest absolute Gasteiger partial charge is 0.476 e. The van der Waals surface area contributed by atoms with Gasteiger partial charge in [0.1, 0.15) is 0 Å². The van der Waals surface area contributed by atoms with Crippen molar-refractivity contribution in [3.05, 3.63) is 24.0 Å². The van der Waals surface area contributed by atoms with Gasteiger partial charge in [-0.1, -0.05) is 0 Å². The van der Waals surface area contributed by atoms with Crippen LogP contribution in [0.15, 0.2) is 18.3 Å². The van der Waals surface area contributed by atoms with E-state index in [2.05, 4.69) is 10.3 Å². The number of carboxylic acid groups (broad SMARTS) is 1. The fraction of sp³-hybridized carbons (Fsp3) is 0.500. The third-order valence-electron chi connectivity index (χ3n) is 3.35. The number of amides is 2. The van der Waals surface area contributed by atoms with Gasteiger partial charge >= 0.3 is 12.0 Å². The third-order valence-corrected chi connectivity index (χ3v) is 3.35. The lowest BCUT2D eigenvalue weighted by molar-refractivity contribution is 0.00463. The number of carboxylic acids is 1. The zero-order valence-corrected chi connectivity index (χ0v) is 11.9. The maximum atomic E-state index is 12.1. The fourth-order valence-electron chi connectivity index (χ4n) is 2.23. The molecule has 7 heteroatoms. The number of ether oxygens (including phenoxy) is 1. The first-order valence-corrected chi connectivity index (χ1v) is 6.90. The highest BCUT2D eigenvalue weighted by Crippen LogP contribution is 2.15. The van der Waals surface area contributed by atoms with E-state index in [1.165, 1.54) is 17.2 Å². The molecule has 1 aliphatic heterocycles. The van der Waals surface area contributed by atoms with Gasteiger partial charge in [0, 0.05) is 26.4 Å². The van der Waals surface area contributed by atoms with Crippen molar-refractivity contribution in [2.75, 3.05) is 25.5 Å². The van der Waals surface area contributed by atoms with E-state index in [0.717, 1.165) is 25.9 Å². The van der Waals surface area contributed by atoms with Gasteiger partial charge in [0.2, 0.25) is 0 Å². The highest BCUT2D eigenvalue weighted by Gasteiger charge is 2.20. The number of likely N-dealkylation sites (N-methyl/N-ethyl adjacent to an activating group) is 1. The lowest BCUT2D eigenvalue weighted by atomic mass is 10.1. The van der Waals surface area contributed by atoms with Gasteiger partial charge in [0.05, 0.1) is 11.8 Å². The Labute approximate surface area is 122 Å². The minimum atomic E-state index is -1.18. The van der Waals surface area contributed by atoms with Crippen LogP contribution in [-0.2, 0) is 4.74 Å². The Bertz CT molecular complexity index is 515. The zero-order chi connectivity index (χ0) is 15.2. The van der Waals surface area contributed by atoms with E-state index >= 15 is 0 Å². The summed E-state index contributed by atoms with van der Waals surface area (Å²) in [5.41, 5.74) is 0.0135. The number of carbonyl (C=O) groups excluding carboxylic acids is 1. The summed E-state index contributed by atoms with van der Waals surface area (Å²) in [4.78, 5) is 28.4. The molecule has 0 aromatic carbocycles. The average Bonchev–Trinajstić information content (AvgIpc) is 2.48. The Morgan fingerprint density at radius 3 is 3.00 bits per heavy atom. The molecule has 0 bridgehead atoms. The minimum absolute atomic E-state index is 0.0438. The average molecular weight is 293 g/mol. The van der Waals surface area contributed by atoms with E-state index in [0.29, 0.717) is 6.54 Å².